The summed E-state index contributed by atoms with van der Waals surface area (Å²) in [6.07, 6.45) is 11.4. The van der Waals surface area contributed by atoms with Gasteiger partial charge in [0.1, 0.15) is 11.4 Å². The minimum atomic E-state index is -0.121. The smallest absolute Gasteiger partial charge is 0.272 e. The van der Waals surface area contributed by atoms with Crippen LogP contribution in [0.3, 0.4) is 0 Å². The van der Waals surface area contributed by atoms with Crippen LogP contribution in [0.5, 0.6) is 5.75 Å². The van der Waals surface area contributed by atoms with Crippen LogP contribution in [0.2, 0.25) is 0 Å². The number of amides is 2. The highest BCUT2D eigenvalue weighted by atomic mass is 32.2. The van der Waals surface area contributed by atoms with Crippen molar-refractivity contribution in [2.75, 3.05) is 44.6 Å². The van der Waals surface area contributed by atoms with Crippen molar-refractivity contribution in [1.29, 1.82) is 0 Å². The maximum Gasteiger partial charge on any atom is 0.272 e. The van der Waals surface area contributed by atoms with E-state index in [1.807, 2.05) is 61.6 Å². The van der Waals surface area contributed by atoms with Crippen LogP contribution in [0.1, 0.15) is 26.5 Å². The van der Waals surface area contributed by atoms with E-state index in [1.165, 1.54) is 11.9 Å². The van der Waals surface area contributed by atoms with Gasteiger partial charge in [0.2, 0.25) is 0 Å². The number of aliphatic imine (C=N–C) groups is 1. The number of benzene rings is 1. The number of nitrogens with zero attached hydrogens (tertiary/aromatic N) is 4. The second-order valence-corrected chi connectivity index (χ2v) is 9.72. The maximum atomic E-state index is 13.3. The van der Waals surface area contributed by atoms with Crippen molar-refractivity contribution in [3.05, 3.63) is 101 Å². The number of piperazine rings is 1. The first kappa shape index (κ1) is 26.9. The number of pyridine rings is 1. The number of carbonyl (C=O) groups is 2. The molecule has 1 N–H and O–H groups in total. The lowest BCUT2D eigenvalue weighted by Crippen LogP contribution is -2.50. The van der Waals surface area contributed by atoms with Gasteiger partial charge in [-0.1, -0.05) is 30.9 Å². The fourth-order valence-corrected chi connectivity index (χ4v) is 4.65. The van der Waals surface area contributed by atoms with Crippen LogP contribution in [-0.2, 0) is 0 Å². The summed E-state index contributed by atoms with van der Waals surface area (Å²) in [5.41, 5.74) is 3.42. The van der Waals surface area contributed by atoms with Gasteiger partial charge in [0.05, 0.1) is 19.2 Å². The number of nitrogens with one attached hydrogen (secondary N) is 1. The van der Waals surface area contributed by atoms with Crippen molar-refractivity contribution in [3.63, 3.8) is 0 Å². The number of methoxy groups -OCH3 is 1. The number of anilines is 1. The molecule has 0 unspecified atom stereocenters. The number of carbonyl (C=O) groups excluding carboxylic acids is 2. The van der Waals surface area contributed by atoms with Crippen molar-refractivity contribution in [1.82, 2.24) is 14.8 Å². The van der Waals surface area contributed by atoms with E-state index in [0.29, 0.717) is 49.7 Å². The number of hydrogen-bond acceptors (Lipinski definition) is 7. The molecule has 0 saturated carbocycles. The first-order valence-electron chi connectivity index (χ1n) is 12.3. The Labute approximate surface area is 227 Å². The Morgan fingerprint density at radius 1 is 1.03 bits per heavy atom. The summed E-state index contributed by atoms with van der Waals surface area (Å²) in [6.45, 7) is 8.15. The van der Waals surface area contributed by atoms with E-state index >= 15 is 0 Å². The van der Waals surface area contributed by atoms with Gasteiger partial charge in [-0.15, -0.1) is 0 Å². The third kappa shape index (κ3) is 7.01. The van der Waals surface area contributed by atoms with Crippen molar-refractivity contribution >= 4 is 35.7 Å². The summed E-state index contributed by atoms with van der Waals surface area (Å²) in [5.74, 6) is 0.256. The standard InChI is InChI=1S/C29H31N5O3S/c1-21-7-4-10-24(20-30-14-6-8-21)38-32-23-12-13-25(27(19-23)37-3)28(35)33-15-17-34(18-16-33)29(36)26-11-5-9-22(2)31-26/h4-14,19,32H,1,15-18,20H2,2-3H3/b7-4?,8-6-,24-10+,30-14?. The Kier molecular flexibility index (Phi) is 9.16. The molecular weight excluding hydrogens is 498 g/mol. The lowest BCUT2D eigenvalue weighted by molar-refractivity contribution is 0.0530. The predicted octanol–water partition coefficient (Wildman–Crippen LogP) is 4.69. The molecule has 8 nitrogen and oxygen atoms in total. The van der Waals surface area contributed by atoms with E-state index in [0.717, 1.165) is 21.9 Å². The van der Waals surface area contributed by atoms with Gasteiger partial charge in [-0.25, -0.2) is 4.98 Å². The third-order valence-corrected chi connectivity index (χ3v) is 6.90. The van der Waals surface area contributed by atoms with E-state index in [2.05, 4.69) is 21.3 Å². The Hall–Kier alpha value is -4.11. The molecule has 38 heavy (non-hydrogen) atoms. The summed E-state index contributed by atoms with van der Waals surface area (Å²) in [6, 6.07) is 10.9. The van der Waals surface area contributed by atoms with Gasteiger partial charge >= 0.3 is 0 Å². The van der Waals surface area contributed by atoms with Gasteiger partial charge in [0.25, 0.3) is 11.8 Å². The fourth-order valence-electron chi connectivity index (χ4n) is 3.99. The minimum Gasteiger partial charge on any atom is -0.496 e. The molecule has 0 spiro atoms. The second kappa shape index (κ2) is 12.9. The van der Waals surface area contributed by atoms with E-state index in [-0.39, 0.29) is 11.8 Å². The van der Waals surface area contributed by atoms with Crippen LogP contribution in [-0.4, -0.2) is 72.6 Å². The zero-order valence-electron chi connectivity index (χ0n) is 21.6. The molecule has 1 saturated heterocycles. The first-order chi connectivity index (χ1) is 18.4. The number of hydrogen-bond donors (Lipinski definition) is 1. The minimum absolute atomic E-state index is 0.112. The third-order valence-electron chi connectivity index (χ3n) is 6.03. The predicted molar refractivity (Wildman–Crippen MR) is 154 cm³/mol. The average Bonchev–Trinajstić information content (AvgIpc) is 2.94. The molecule has 3 heterocycles. The normalized spacial score (nSPS) is 17.9. The summed E-state index contributed by atoms with van der Waals surface area (Å²) in [7, 11) is 1.55. The molecule has 1 aromatic carbocycles. The van der Waals surface area contributed by atoms with E-state index in [9.17, 15) is 9.59 Å². The Morgan fingerprint density at radius 2 is 1.76 bits per heavy atom. The summed E-state index contributed by atoms with van der Waals surface area (Å²) >= 11 is 1.45. The number of ether oxygens (including phenoxy) is 1. The molecule has 2 aliphatic rings. The van der Waals surface area contributed by atoms with Crippen LogP contribution < -0.4 is 9.46 Å². The Bertz CT molecular complexity index is 1320. The largest absolute Gasteiger partial charge is 0.496 e. The Morgan fingerprint density at radius 3 is 2.50 bits per heavy atom. The number of allylic oxidation sites excluding steroid dienone is 6. The van der Waals surface area contributed by atoms with Crippen molar-refractivity contribution in [2.24, 2.45) is 4.99 Å². The SMILES string of the molecule is C=C1C=C/C=C(/SNc2ccc(C(=O)N3CCN(C(=O)c4cccc(C)n4)CC3)c(OC)c2)CN=C/C=C\1. The van der Waals surface area contributed by atoms with Crippen LogP contribution in [0.4, 0.5) is 5.69 Å². The Balaban J connectivity index is 1.37. The van der Waals surface area contributed by atoms with Gasteiger partial charge < -0.3 is 19.3 Å². The van der Waals surface area contributed by atoms with Crippen LogP contribution in [0.25, 0.3) is 0 Å². The molecule has 9 heteroatoms. The van der Waals surface area contributed by atoms with Crippen LogP contribution >= 0.6 is 11.9 Å². The molecule has 1 fully saturated rings. The molecule has 0 radical (unpaired) electrons. The van der Waals surface area contributed by atoms with Crippen molar-refractivity contribution < 1.29 is 14.3 Å². The molecule has 2 aromatic rings. The zero-order valence-corrected chi connectivity index (χ0v) is 22.4. The fraction of sp³-hybridized carbons (Fsp3) is 0.241. The van der Waals surface area contributed by atoms with E-state index < -0.39 is 0 Å². The lowest BCUT2D eigenvalue weighted by atomic mass is 10.1. The van der Waals surface area contributed by atoms with Crippen LogP contribution in [0.15, 0.2) is 88.8 Å². The van der Waals surface area contributed by atoms with E-state index in [1.54, 1.807) is 35.3 Å². The van der Waals surface area contributed by atoms with Gasteiger partial charge in [-0.3, -0.25) is 14.6 Å². The molecular formula is C29H31N5O3S. The van der Waals surface area contributed by atoms with E-state index in [4.69, 9.17) is 4.74 Å². The summed E-state index contributed by atoms with van der Waals surface area (Å²) in [4.78, 5) is 39.4. The molecule has 196 valence electrons. The van der Waals surface area contributed by atoms with Crippen molar-refractivity contribution in [3.8, 4) is 5.75 Å². The first-order valence-corrected chi connectivity index (χ1v) is 13.1. The quantitative estimate of drug-likeness (QED) is 0.546. The maximum absolute atomic E-state index is 13.3. The second-order valence-electron chi connectivity index (χ2n) is 8.78. The summed E-state index contributed by atoms with van der Waals surface area (Å²) in [5, 5.41) is 0. The number of rotatable bonds is 6. The lowest BCUT2D eigenvalue weighted by Gasteiger charge is -2.34. The average molecular weight is 530 g/mol. The molecule has 0 bridgehead atoms. The summed E-state index contributed by atoms with van der Waals surface area (Å²) < 4.78 is 8.87. The highest BCUT2D eigenvalue weighted by molar-refractivity contribution is 8.04. The highest BCUT2D eigenvalue weighted by Gasteiger charge is 2.27. The monoisotopic (exact) mass is 529 g/mol. The topological polar surface area (TPSA) is 87.1 Å². The number of aryl methyl sites for hydroxylation is 1. The molecule has 2 amide bonds. The molecule has 2 aliphatic heterocycles. The zero-order chi connectivity index (χ0) is 26.9. The molecule has 4 rings (SSSR count). The molecule has 0 atom stereocenters. The molecule has 0 aliphatic carbocycles. The molecule has 1 aromatic heterocycles. The van der Waals surface area contributed by atoms with Gasteiger partial charge in [0.15, 0.2) is 0 Å². The van der Waals surface area contributed by atoms with Gasteiger partial charge in [-0.2, -0.15) is 0 Å². The van der Waals surface area contributed by atoms with Gasteiger partial charge in [0, 0.05) is 54.7 Å². The van der Waals surface area contributed by atoms with Crippen molar-refractivity contribution in [2.45, 2.75) is 6.92 Å². The van der Waals surface area contributed by atoms with Gasteiger partial charge in [-0.05, 0) is 60.9 Å². The highest BCUT2D eigenvalue weighted by Crippen LogP contribution is 2.28. The number of aromatic nitrogens is 1. The van der Waals surface area contributed by atoms with Crippen LogP contribution in [0, 0.1) is 6.92 Å².